The molecule has 120 valence electrons. The maximum Gasteiger partial charge on any atom is 0.325 e. The number of aliphatic hydroxyl groups excluding tert-OH is 1. The van der Waals surface area contributed by atoms with Crippen LogP contribution < -0.4 is 10.2 Å². The SMILES string of the molecule is CCN(CC(O)CN1C(=O)NC(C)(C)C1=O)c1ccccc1. The van der Waals surface area contributed by atoms with Gasteiger partial charge in [-0.15, -0.1) is 0 Å². The fourth-order valence-electron chi connectivity index (χ4n) is 2.56. The van der Waals surface area contributed by atoms with Crippen molar-refractivity contribution in [3.05, 3.63) is 30.3 Å². The maximum absolute atomic E-state index is 12.1. The summed E-state index contributed by atoms with van der Waals surface area (Å²) in [4.78, 5) is 27.0. The summed E-state index contributed by atoms with van der Waals surface area (Å²) in [6, 6.07) is 9.29. The molecule has 1 aliphatic heterocycles. The lowest BCUT2D eigenvalue weighted by atomic mass is 10.1. The molecule has 0 bridgehead atoms. The summed E-state index contributed by atoms with van der Waals surface area (Å²) in [5.74, 6) is -0.306. The highest BCUT2D eigenvalue weighted by atomic mass is 16.3. The van der Waals surface area contributed by atoms with E-state index < -0.39 is 17.7 Å². The van der Waals surface area contributed by atoms with Gasteiger partial charge in [-0.3, -0.25) is 9.69 Å². The molecule has 2 rings (SSSR count). The van der Waals surface area contributed by atoms with E-state index in [4.69, 9.17) is 0 Å². The van der Waals surface area contributed by atoms with E-state index in [0.717, 1.165) is 17.1 Å². The van der Waals surface area contributed by atoms with Gasteiger partial charge in [-0.1, -0.05) is 18.2 Å². The molecule has 0 radical (unpaired) electrons. The molecule has 1 unspecified atom stereocenters. The normalized spacial score (nSPS) is 18.3. The van der Waals surface area contributed by atoms with Gasteiger partial charge in [0.25, 0.3) is 5.91 Å². The Morgan fingerprint density at radius 2 is 1.91 bits per heavy atom. The summed E-state index contributed by atoms with van der Waals surface area (Å²) in [5.41, 5.74) is 0.0994. The summed E-state index contributed by atoms with van der Waals surface area (Å²) in [5, 5.41) is 12.9. The van der Waals surface area contributed by atoms with Crippen LogP contribution in [-0.4, -0.2) is 53.2 Å². The van der Waals surface area contributed by atoms with Crippen LogP contribution in [0.5, 0.6) is 0 Å². The number of hydrogen-bond acceptors (Lipinski definition) is 4. The van der Waals surface area contributed by atoms with E-state index in [2.05, 4.69) is 5.32 Å². The smallest absolute Gasteiger partial charge is 0.325 e. The molecule has 3 amide bonds. The van der Waals surface area contributed by atoms with E-state index in [9.17, 15) is 14.7 Å². The van der Waals surface area contributed by atoms with Crippen molar-refractivity contribution in [2.24, 2.45) is 0 Å². The van der Waals surface area contributed by atoms with Gasteiger partial charge in [-0.25, -0.2) is 4.79 Å². The third kappa shape index (κ3) is 3.39. The molecule has 0 aromatic heterocycles. The third-order valence-corrected chi connectivity index (χ3v) is 3.77. The Bertz CT molecular complexity index is 545. The number of carbonyl (C=O) groups is 2. The quantitative estimate of drug-likeness (QED) is 0.775. The standard InChI is InChI=1S/C16H23N3O3/c1-4-18(12-8-6-5-7-9-12)10-13(20)11-19-14(21)16(2,3)17-15(19)22/h5-9,13,20H,4,10-11H2,1-3H3,(H,17,22). The van der Waals surface area contributed by atoms with Gasteiger partial charge in [0.05, 0.1) is 12.6 Å². The van der Waals surface area contributed by atoms with Gasteiger partial charge in [-0.2, -0.15) is 0 Å². The first-order valence-corrected chi connectivity index (χ1v) is 7.47. The molecule has 0 spiro atoms. The van der Waals surface area contributed by atoms with Gasteiger partial charge in [-0.05, 0) is 32.9 Å². The summed E-state index contributed by atoms with van der Waals surface area (Å²) in [6.07, 6.45) is -0.802. The van der Waals surface area contributed by atoms with Crippen molar-refractivity contribution < 1.29 is 14.7 Å². The Hall–Kier alpha value is -2.08. The van der Waals surface area contributed by atoms with Crippen molar-refractivity contribution in [2.45, 2.75) is 32.4 Å². The number of nitrogens with zero attached hydrogens (tertiary/aromatic N) is 2. The molecule has 22 heavy (non-hydrogen) atoms. The minimum Gasteiger partial charge on any atom is -0.389 e. The van der Waals surface area contributed by atoms with Crippen LogP contribution in [0.4, 0.5) is 10.5 Å². The van der Waals surface area contributed by atoms with Crippen LogP contribution >= 0.6 is 0 Å². The van der Waals surface area contributed by atoms with Crippen LogP contribution in [0.15, 0.2) is 30.3 Å². The lowest BCUT2D eigenvalue weighted by Gasteiger charge is -2.27. The first-order chi connectivity index (χ1) is 10.3. The van der Waals surface area contributed by atoms with Gasteiger partial charge in [0.2, 0.25) is 0 Å². The number of aliphatic hydroxyl groups is 1. The molecule has 0 saturated carbocycles. The minimum atomic E-state index is -0.902. The summed E-state index contributed by atoms with van der Waals surface area (Å²) in [6.45, 7) is 6.39. The lowest BCUT2D eigenvalue weighted by molar-refractivity contribution is -0.131. The van der Waals surface area contributed by atoms with Gasteiger partial charge >= 0.3 is 6.03 Å². The van der Waals surface area contributed by atoms with Crippen LogP contribution in [0.3, 0.4) is 0 Å². The fraction of sp³-hybridized carbons (Fsp3) is 0.500. The summed E-state index contributed by atoms with van der Waals surface area (Å²) < 4.78 is 0. The molecule has 6 heteroatoms. The zero-order chi connectivity index (χ0) is 16.3. The van der Waals surface area contributed by atoms with E-state index in [1.165, 1.54) is 0 Å². The molecular weight excluding hydrogens is 282 g/mol. The predicted molar refractivity (Wildman–Crippen MR) is 84.7 cm³/mol. The number of para-hydroxylation sites is 1. The van der Waals surface area contributed by atoms with Crippen LogP contribution in [0.2, 0.25) is 0 Å². The van der Waals surface area contributed by atoms with Gasteiger partial charge in [0.15, 0.2) is 0 Å². The Morgan fingerprint density at radius 1 is 1.27 bits per heavy atom. The molecular formula is C16H23N3O3. The summed E-state index contributed by atoms with van der Waals surface area (Å²) in [7, 11) is 0. The van der Waals surface area contributed by atoms with Crippen molar-refractivity contribution in [3.8, 4) is 0 Å². The molecule has 1 heterocycles. The van der Waals surface area contributed by atoms with Gasteiger partial charge in [0.1, 0.15) is 5.54 Å². The highest BCUT2D eigenvalue weighted by Gasteiger charge is 2.44. The van der Waals surface area contributed by atoms with Crippen molar-refractivity contribution in [3.63, 3.8) is 0 Å². The number of anilines is 1. The summed E-state index contributed by atoms with van der Waals surface area (Å²) >= 11 is 0. The second-order valence-corrected chi connectivity index (χ2v) is 6.00. The number of urea groups is 1. The highest BCUT2D eigenvalue weighted by molar-refractivity contribution is 6.06. The number of benzene rings is 1. The van der Waals surface area contributed by atoms with Gasteiger partial charge < -0.3 is 15.3 Å². The molecule has 0 aliphatic carbocycles. The average Bonchev–Trinajstić information content (AvgIpc) is 2.67. The lowest BCUT2D eigenvalue weighted by Crippen LogP contribution is -2.44. The second-order valence-electron chi connectivity index (χ2n) is 6.00. The Morgan fingerprint density at radius 3 is 2.41 bits per heavy atom. The van der Waals surface area contributed by atoms with Crippen molar-refractivity contribution in [1.82, 2.24) is 10.2 Å². The topological polar surface area (TPSA) is 72.9 Å². The second kappa shape index (κ2) is 6.36. The van der Waals surface area contributed by atoms with Crippen molar-refractivity contribution >= 4 is 17.6 Å². The van der Waals surface area contributed by atoms with E-state index >= 15 is 0 Å². The molecule has 1 aromatic rings. The van der Waals surface area contributed by atoms with E-state index in [0.29, 0.717) is 6.54 Å². The molecule has 6 nitrogen and oxygen atoms in total. The zero-order valence-electron chi connectivity index (χ0n) is 13.2. The van der Waals surface area contributed by atoms with Crippen LogP contribution in [-0.2, 0) is 4.79 Å². The zero-order valence-corrected chi connectivity index (χ0v) is 13.2. The molecule has 1 saturated heterocycles. The van der Waals surface area contributed by atoms with Crippen LogP contribution in [0.25, 0.3) is 0 Å². The average molecular weight is 305 g/mol. The van der Waals surface area contributed by atoms with Crippen LogP contribution in [0.1, 0.15) is 20.8 Å². The highest BCUT2D eigenvalue weighted by Crippen LogP contribution is 2.18. The number of likely N-dealkylation sites (N-methyl/N-ethyl adjacent to an activating group) is 1. The third-order valence-electron chi connectivity index (χ3n) is 3.77. The number of carbonyl (C=O) groups excluding carboxylic acids is 2. The van der Waals surface area contributed by atoms with Gasteiger partial charge in [0, 0.05) is 18.8 Å². The maximum atomic E-state index is 12.1. The van der Waals surface area contributed by atoms with E-state index in [1.54, 1.807) is 13.8 Å². The molecule has 1 aliphatic rings. The Labute approximate surface area is 130 Å². The molecule has 1 fully saturated rings. The van der Waals surface area contributed by atoms with Crippen molar-refractivity contribution in [2.75, 3.05) is 24.5 Å². The Balaban J connectivity index is 1.99. The number of hydrogen-bond donors (Lipinski definition) is 2. The predicted octanol–water partition coefficient (Wildman–Crippen LogP) is 1.20. The van der Waals surface area contributed by atoms with Crippen LogP contribution in [0, 0.1) is 0 Å². The first-order valence-electron chi connectivity index (χ1n) is 7.47. The van der Waals surface area contributed by atoms with E-state index in [-0.39, 0.29) is 12.5 Å². The number of imide groups is 1. The van der Waals surface area contributed by atoms with E-state index in [1.807, 2.05) is 42.2 Å². The number of amides is 3. The first kappa shape index (κ1) is 16.3. The molecule has 2 N–H and O–H groups in total. The number of nitrogens with one attached hydrogen (secondary N) is 1. The number of rotatable bonds is 6. The fourth-order valence-corrected chi connectivity index (χ4v) is 2.56. The largest absolute Gasteiger partial charge is 0.389 e. The monoisotopic (exact) mass is 305 g/mol. The van der Waals surface area contributed by atoms with Crippen molar-refractivity contribution in [1.29, 1.82) is 0 Å². The molecule has 1 aromatic carbocycles. The molecule has 1 atom stereocenters. The Kier molecular flexibility index (Phi) is 4.71. The number of β-amino-alcohol motifs (C(OH)–C–C–N with tert-alkyl or cyclic N) is 1. The minimum absolute atomic E-state index is 0.00255.